The fraction of sp³-hybridized carbons (Fsp3) is 0.556. The lowest BCUT2D eigenvalue weighted by atomic mass is 10.2. The molecule has 1 amide bonds. The molecule has 140 valence electrons. The highest BCUT2D eigenvalue weighted by Crippen LogP contribution is 2.37. The van der Waals surface area contributed by atoms with E-state index in [1.165, 1.54) is 43.1 Å². The highest BCUT2D eigenvalue weighted by Gasteiger charge is 2.25. The number of carbonyl (C=O) groups excluding carboxylic acids is 2. The van der Waals surface area contributed by atoms with Gasteiger partial charge in [-0.05, 0) is 39.2 Å². The Bertz CT molecular complexity index is 844. The Labute approximate surface area is 161 Å². The van der Waals surface area contributed by atoms with Gasteiger partial charge in [-0.3, -0.25) is 4.79 Å². The summed E-state index contributed by atoms with van der Waals surface area (Å²) >= 11 is 2.72. The van der Waals surface area contributed by atoms with Crippen molar-refractivity contribution < 1.29 is 14.3 Å². The molecule has 6 nitrogen and oxygen atoms in total. The highest BCUT2D eigenvalue weighted by atomic mass is 32.2. The van der Waals surface area contributed by atoms with Crippen LogP contribution in [-0.2, 0) is 9.53 Å². The van der Waals surface area contributed by atoms with Gasteiger partial charge in [0, 0.05) is 11.4 Å². The normalized spacial score (nSPS) is 16.0. The smallest absolute Gasteiger partial charge is 0.348 e. The number of esters is 1. The lowest BCUT2D eigenvalue weighted by molar-refractivity contribution is -0.120. The number of aryl methyl sites for hydroxylation is 2. The Hall–Kier alpha value is -1.67. The van der Waals surface area contributed by atoms with Crippen LogP contribution in [0.5, 0.6) is 0 Å². The molecule has 0 aromatic carbocycles. The summed E-state index contributed by atoms with van der Waals surface area (Å²) in [5.74, 6) is 0.291. The van der Waals surface area contributed by atoms with Crippen molar-refractivity contribution in [3.8, 4) is 0 Å². The van der Waals surface area contributed by atoms with Gasteiger partial charge in [0.25, 0.3) is 0 Å². The second kappa shape index (κ2) is 7.92. The number of aromatic nitrogens is 2. The van der Waals surface area contributed by atoms with E-state index in [-0.39, 0.29) is 17.1 Å². The van der Waals surface area contributed by atoms with E-state index >= 15 is 0 Å². The molecule has 1 aliphatic rings. The molecule has 1 N–H and O–H groups in total. The van der Waals surface area contributed by atoms with Gasteiger partial charge in [-0.1, -0.05) is 24.6 Å². The summed E-state index contributed by atoms with van der Waals surface area (Å²) in [5, 5.41) is 4.45. The van der Waals surface area contributed by atoms with Crippen LogP contribution in [0.2, 0.25) is 0 Å². The van der Waals surface area contributed by atoms with Crippen LogP contribution >= 0.6 is 23.1 Å². The molecular formula is C18H23N3O3S2. The molecule has 0 unspecified atom stereocenters. The van der Waals surface area contributed by atoms with Gasteiger partial charge in [-0.25, -0.2) is 14.8 Å². The Kier molecular flexibility index (Phi) is 5.82. The minimum Gasteiger partial charge on any atom is -0.465 e. The second-order valence-corrected chi connectivity index (χ2v) is 8.88. The first-order valence-electron chi connectivity index (χ1n) is 8.73. The molecule has 1 saturated carbocycles. The molecule has 1 fully saturated rings. The first-order chi connectivity index (χ1) is 12.4. The maximum atomic E-state index is 12.5. The third-order valence-corrected chi connectivity index (χ3v) is 6.85. The summed E-state index contributed by atoms with van der Waals surface area (Å²) in [6.07, 6.45) is 4.49. The van der Waals surface area contributed by atoms with Crippen molar-refractivity contribution >= 4 is 45.2 Å². The van der Waals surface area contributed by atoms with Crippen molar-refractivity contribution in [1.29, 1.82) is 0 Å². The molecule has 2 aromatic heterocycles. The number of nitrogens with zero attached hydrogens (tertiary/aromatic N) is 2. The molecule has 0 bridgehead atoms. The van der Waals surface area contributed by atoms with Crippen LogP contribution in [0.25, 0.3) is 10.2 Å². The van der Waals surface area contributed by atoms with Crippen LogP contribution in [0.4, 0.5) is 0 Å². The van der Waals surface area contributed by atoms with Crippen LogP contribution in [0.3, 0.4) is 0 Å². The van der Waals surface area contributed by atoms with Gasteiger partial charge in [0.1, 0.15) is 20.6 Å². The average Bonchev–Trinajstić information content (AvgIpc) is 3.22. The van der Waals surface area contributed by atoms with Crippen molar-refractivity contribution in [2.24, 2.45) is 0 Å². The molecule has 0 spiro atoms. The predicted octanol–water partition coefficient (Wildman–Crippen LogP) is 3.63. The van der Waals surface area contributed by atoms with E-state index in [0.717, 1.165) is 33.6 Å². The third kappa shape index (κ3) is 3.86. The minimum atomic E-state index is -0.369. The van der Waals surface area contributed by atoms with Crippen LogP contribution < -0.4 is 5.32 Å². The molecule has 0 saturated heterocycles. The summed E-state index contributed by atoms with van der Waals surface area (Å²) in [6.45, 7) is 5.58. The summed E-state index contributed by atoms with van der Waals surface area (Å²) in [6, 6.07) is 0.298. The molecule has 26 heavy (non-hydrogen) atoms. The Morgan fingerprint density at radius 1 is 1.27 bits per heavy atom. The predicted molar refractivity (Wildman–Crippen MR) is 104 cm³/mol. The zero-order valence-electron chi connectivity index (χ0n) is 15.4. The molecule has 0 aliphatic heterocycles. The zero-order chi connectivity index (χ0) is 18.8. The number of carbonyl (C=O) groups is 2. The molecule has 3 rings (SSSR count). The quantitative estimate of drug-likeness (QED) is 0.475. The fourth-order valence-corrected chi connectivity index (χ4v) is 5.46. The SMILES string of the molecule is COC(=O)c1sc2nc(C)nc(S[C@@H](C)C(=O)NC3CCCC3)c2c1C. The minimum absolute atomic E-state index is 0.0346. The average molecular weight is 394 g/mol. The summed E-state index contributed by atoms with van der Waals surface area (Å²) in [7, 11) is 1.37. The van der Waals surface area contributed by atoms with Gasteiger partial charge >= 0.3 is 5.97 Å². The number of rotatable bonds is 5. The van der Waals surface area contributed by atoms with Crippen molar-refractivity contribution in [2.75, 3.05) is 7.11 Å². The van der Waals surface area contributed by atoms with Crippen LogP contribution in [-0.4, -0.2) is 40.2 Å². The van der Waals surface area contributed by atoms with Gasteiger partial charge in [-0.15, -0.1) is 11.3 Å². The first kappa shape index (κ1) is 19.1. The second-order valence-electron chi connectivity index (χ2n) is 6.55. The fourth-order valence-electron chi connectivity index (χ4n) is 3.19. The Balaban J connectivity index is 1.87. The highest BCUT2D eigenvalue weighted by molar-refractivity contribution is 8.00. The van der Waals surface area contributed by atoms with Gasteiger partial charge in [0.15, 0.2) is 0 Å². The lowest BCUT2D eigenvalue weighted by Gasteiger charge is -2.16. The summed E-state index contributed by atoms with van der Waals surface area (Å²) in [5.41, 5.74) is 0.808. The Morgan fingerprint density at radius 3 is 2.62 bits per heavy atom. The molecule has 1 atom stereocenters. The number of nitrogens with one attached hydrogen (secondary N) is 1. The van der Waals surface area contributed by atoms with Gasteiger partial charge in [0.05, 0.1) is 12.4 Å². The van der Waals surface area contributed by atoms with Gasteiger partial charge in [-0.2, -0.15) is 0 Å². The van der Waals surface area contributed by atoms with Crippen LogP contribution in [0.1, 0.15) is 53.7 Å². The van der Waals surface area contributed by atoms with E-state index in [1.54, 1.807) is 0 Å². The number of thiophene rings is 1. The molecule has 2 aromatic rings. The van der Waals surface area contributed by atoms with E-state index in [9.17, 15) is 9.59 Å². The van der Waals surface area contributed by atoms with Gasteiger partial charge in [0.2, 0.25) is 5.91 Å². The Morgan fingerprint density at radius 2 is 1.96 bits per heavy atom. The van der Waals surface area contributed by atoms with Crippen LogP contribution in [0.15, 0.2) is 5.03 Å². The van der Waals surface area contributed by atoms with Gasteiger partial charge < -0.3 is 10.1 Å². The molecule has 1 aliphatic carbocycles. The third-order valence-electron chi connectivity index (χ3n) is 4.60. The van der Waals surface area contributed by atoms with Crippen molar-refractivity contribution in [2.45, 2.75) is 62.8 Å². The number of hydrogen-bond acceptors (Lipinski definition) is 7. The van der Waals surface area contributed by atoms with Crippen LogP contribution in [0, 0.1) is 13.8 Å². The number of methoxy groups -OCH3 is 1. The van der Waals surface area contributed by atoms with E-state index in [1.807, 2.05) is 20.8 Å². The van der Waals surface area contributed by atoms with E-state index in [2.05, 4.69) is 15.3 Å². The lowest BCUT2D eigenvalue weighted by Crippen LogP contribution is -2.37. The number of ether oxygens (including phenoxy) is 1. The number of fused-ring (bicyclic) bond motifs is 1. The van der Waals surface area contributed by atoms with E-state index in [4.69, 9.17) is 4.74 Å². The van der Waals surface area contributed by atoms with E-state index < -0.39 is 0 Å². The van der Waals surface area contributed by atoms with Crippen molar-refractivity contribution in [3.63, 3.8) is 0 Å². The molecule has 0 radical (unpaired) electrons. The summed E-state index contributed by atoms with van der Waals surface area (Å²) < 4.78 is 4.86. The molecular weight excluding hydrogens is 370 g/mol. The molecule has 2 heterocycles. The maximum absolute atomic E-state index is 12.5. The largest absolute Gasteiger partial charge is 0.465 e. The molecule has 8 heteroatoms. The maximum Gasteiger partial charge on any atom is 0.348 e. The topological polar surface area (TPSA) is 81.2 Å². The van der Waals surface area contributed by atoms with Crippen molar-refractivity contribution in [3.05, 3.63) is 16.3 Å². The van der Waals surface area contributed by atoms with Crippen molar-refractivity contribution in [1.82, 2.24) is 15.3 Å². The number of thioether (sulfide) groups is 1. The zero-order valence-corrected chi connectivity index (χ0v) is 17.1. The standard InChI is InChI=1S/C18H23N3O3S2/c1-9-13-16(25-10(2)15(22)21-12-7-5-6-8-12)19-11(3)20-17(13)26-14(9)18(23)24-4/h10,12H,5-8H2,1-4H3,(H,21,22)/t10-/m0/s1. The number of amides is 1. The van der Waals surface area contributed by atoms with E-state index in [0.29, 0.717) is 16.7 Å². The first-order valence-corrected chi connectivity index (χ1v) is 10.4. The monoisotopic (exact) mass is 393 g/mol. The number of hydrogen-bond donors (Lipinski definition) is 1. The summed E-state index contributed by atoms with van der Waals surface area (Å²) in [4.78, 5) is 34.8.